The van der Waals surface area contributed by atoms with E-state index in [1.165, 1.54) is 51.4 Å². The molecule has 0 fully saturated rings. The van der Waals surface area contributed by atoms with Crippen molar-refractivity contribution >= 4 is 34.0 Å². The molecule has 0 bridgehead atoms. The van der Waals surface area contributed by atoms with Crippen LogP contribution in [-0.2, 0) is 19.6 Å². The zero-order valence-electron chi connectivity index (χ0n) is 26.4. The maximum atomic E-state index is 12.4. The molecule has 0 aliphatic carbocycles. The first-order chi connectivity index (χ1) is 20.9. The third-order valence-corrected chi connectivity index (χ3v) is 7.45. The molecule has 0 aliphatic rings. The van der Waals surface area contributed by atoms with Gasteiger partial charge in [-0.1, -0.05) is 90.2 Å². The summed E-state index contributed by atoms with van der Waals surface area (Å²) in [7, 11) is -4.94. The standard InChI is InChI=1S/C24H38O4.C8H5O7S.Na/c1-3-5-7-9-11-15-19-27-23(25)21-17-13-14-18-22(21)24(26)28-20-16-12-10-8-6-4-2;9-7(10)4-2-1-3-5(8(11)12)6(4)16(13,14)15;/h13-14,17-18H,3-12,15-16,19-20H2,1-2H3;2-3H,(H,9,10)(H,11,12)(H,13,14,15);/q;-1;+1. The number of rotatable bonds is 19. The maximum Gasteiger partial charge on any atom is 1.00 e. The third-order valence-electron chi connectivity index (χ3n) is 6.49. The molecule has 0 aliphatic heterocycles. The van der Waals surface area contributed by atoms with Gasteiger partial charge in [-0.25, -0.2) is 9.59 Å². The topological polar surface area (TPSA) is 182 Å². The molecule has 0 amide bonds. The Morgan fingerprint density at radius 3 is 1.33 bits per heavy atom. The largest absolute Gasteiger partial charge is 1.00 e. The number of carboxylic acid groups (broad SMARTS) is 2. The minimum Gasteiger partial charge on any atom is -0.487 e. The van der Waals surface area contributed by atoms with Gasteiger partial charge in [0.2, 0.25) is 0 Å². The van der Waals surface area contributed by atoms with Gasteiger partial charge in [-0.2, -0.15) is 26.6 Å². The summed E-state index contributed by atoms with van der Waals surface area (Å²) >= 11 is 0. The van der Waals surface area contributed by atoms with Crippen LogP contribution >= 0.6 is 0 Å². The first-order valence-corrected chi connectivity index (χ1v) is 16.3. The quantitative estimate of drug-likeness (QED) is 0.0656. The zero-order valence-corrected chi connectivity index (χ0v) is 29.2. The predicted molar refractivity (Wildman–Crippen MR) is 163 cm³/mol. The van der Waals surface area contributed by atoms with Gasteiger partial charge in [-0.05, 0) is 36.1 Å². The van der Waals surface area contributed by atoms with E-state index in [-0.39, 0.29) is 29.6 Å². The van der Waals surface area contributed by atoms with E-state index in [9.17, 15) is 27.6 Å². The fourth-order valence-corrected chi connectivity index (χ4v) is 5.02. The Kier molecular flexibility index (Phi) is 22.1. The van der Waals surface area contributed by atoms with Crippen LogP contribution in [0.2, 0.25) is 0 Å². The molecule has 3 N–H and O–H groups in total. The van der Waals surface area contributed by atoms with Gasteiger partial charge >= 0.3 is 41.5 Å². The number of carbonyl (C=O) groups excluding carboxylic acids is 2. The second kappa shape index (κ2) is 23.6. The van der Waals surface area contributed by atoms with Gasteiger partial charge in [0.25, 0.3) is 22.1 Å². The molecule has 2 rings (SSSR count). The normalized spacial score (nSPS) is 10.6. The number of hydrogen-bond donors (Lipinski definition) is 3. The van der Waals surface area contributed by atoms with E-state index in [1.807, 2.05) is 0 Å². The first kappa shape index (κ1) is 42.2. The van der Waals surface area contributed by atoms with Crippen LogP contribution in [0.5, 0.6) is 0 Å². The summed E-state index contributed by atoms with van der Waals surface area (Å²) in [6, 6.07) is 10.4. The van der Waals surface area contributed by atoms with Crippen molar-refractivity contribution in [2.24, 2.45) is 0 Å². The number of aromatic carboxylic acids is 2. The Labute approximate surface area is 287 Å². The number of esters is 2. The Bertz CT molecular complexity index is 1240. The van der Waals surface area contributed by atoms with Gasteiger partial charge in [0.15, 0.2) is 0 Å². The molecule has 244 valence electrons. The average molecular weight is 659 g/mol. The molecule has 2 aromatic rings. The smallest absolute Gasteiger partial charge is 0.487 e. The summed E-state index contributed by atoms with van der Waals surface area (Å²) in [6.07, 6.45) is 13.6. The molecule has 0 aromatic heterocycles. The molecule has 0 spiro atoms. The second-order valence-electron chi connectivity index (χ2n) is 10.1. The maximum absolute atomic E-state index is 12.4. The van der Waals surface area contributed by atoms with Crippen molar-refractivity contribution in [2.75, 3.05) is 13.2 Å². The number of unbranched alkanes of at least 4 members (excludes halogenated alkanes) is 10. The summed E-state index contributed by atoms with van der Waals surface area (Å²) in [4.78, 5) is 44.9. The van der Waals surface area contributed by atoms with Crippen molar-refractivity contribution < 1.29 is 81.4 Å². The fraction of sp³-hybridized carbons (Fsp3) is 0.500. The van der Waals surface area contributed by atoms with Crippen LogP contribution in [0, 0.1) is 6.07 Å². The van der Waals surface area contributed by atoms with Gasteiger partial charge in [0.05, 0.1) is 24.3 Å². The Morgan fingerprint density at radius 2 is 1.00 bits per heavy atom. The van der Waals surface area contributed by atoms with Crippen molar-refractivity contribution in [1.82, 2.24) is 0 Å². The molecule has 0 radical (unpaired) electrons. The molecule has 11 nitrogen and oxygen atoms in total. The van der Waals surface area contributed by atoms with Gasteiger partial charge in [0.1, 0.15) is 0 Å². The zero-order chi connectivity index (χ0) is 33.0. The number of hydrogen-bond acceptors (Lipinski definition) is 8. The van der Waals surface area contributed by atoms with E-state index in [0.29, 0.717) is 24.3 Å². The molecular weight excluding hydrogens is 615 g/mol. The molecule has 2 aromatic carbocycles. The van der Waals surface area contributed by atoms with Crippen molar-refractivity contribution in [1.29, 1.82) is 0 Å². The Hall–Kier alpha value is -2.77. The number of benzene rings is 2. The molecule has 0 saturated carbocycles. The van der Waals surface area contributed by atoms with E-state index in [0.717, 1.165) is 37.8 Å². The summed E-state index contributed by atoms with van der Waals surface area (Å²) in [5, 5.41) is 17.3. The number of ether oxygens (including phenoxy) is 2. The van der Waals surface area contributed by atoms with Crippen LogP contribution in [0.25, 0.3) is 0 Å². The third kappa shape index (κ3) is 16.4. The van der Waals surface area contributed by atoms with Crippen molar-refractivity contribution in [3.63, 3.8) is 0 Å². The molecule has 0 heterocycles. The molecule has 0 atom stereocenters. The molecular formula is C32H43NaO11S. The number of carbonyl (C=O) groups is 4. The Morgan fingerprint density at radius 1 is 0.644 bits per heavy atom. The summed E-state index contributed by atoms with van der Waals surface area (Å²) in [5.74, 6) is -4.24. The van der Waals surface area contributed by atoms with Crippen molar-refractivity contribution in [3.05, 3.63) is 64.7 Å². The molecule has 13 heteroatoms. The van der Waals surface area contributed by atoms with E-state index < -0.39 is 50.0 Å². The van der Waals surface area contributed by atoms with Crippen LogP contribution in [-0.4, -0.2) is 60.3 Å². The van der Waals surface area contributed by atoms with Crippen molar-refractivity contribution in [2.45, 2.75) is 95.8 Å². The van der Waals surface area contributed by atoms with Gasteiger partial charge in [-0.3, -0.25) is 14.1 Å². The van der Waals surface area contributed by atoms with Gasteiger partial charge in [0, 0.05) is 4.90 Å². The first-order valence-electron chi connectivity index (χ1n) is 14.9. The van der Waals surface area contributed by atoms with Crippen molar-refractivity contribution in [3.8, 4) is 0 Å². The van der Waals surface area contributed by atoms with E-state index in [1.54, 1.807) is 24.3 Å². The average Bonchev–Trinajstić information content (AvgIpc) is 2.99. The van der Waals surface area contributed by atoms with E-state index >= 15 is 0 Å². The molecule has 0 unspecified atom stereocenters. The van der Waals surface area contributed by atoms with E-state index in [2.05, 4.69) is 19.9 Å². The summed E-state index contributed by atoms with van der Waals surface area (Å²) in [5.41, 5.74) is -1.10. The summed E-state index contributed by atoms with van der Waals surface area (Å²) < 4.78 is 41.3. The van der Waals surface area contributed by atoms with Crippen LogP contribution in [0.4, 0.5) is 0 Å². The second-order valence-corrected chi connectivity index (χ2v) is 11.4. The monoisotopic (exact) mass is 658 g/mol. The SMILES string of the molecule is CCCCCCCCOC(=O)c1ccccc1C(=O)OCCCCCCCC.O=C(O)c1c[c-]cc(C(=O)O)c1S(=O)(=O)O.[Na+]. The van der Waals surface area contributed by atoms with Gasteiger partial charge in [-0.15, -0.1) is 0 Å². The summed E-state index contributed by atoms with van der Waals surface area (Å²) in [6.45, 7) is 5.17. The minimum absolute atomic E-state index is 0. The van der Waals surface area contributed by atoms with Crippen LogP contribution in [0.15, 0.2) is 41.3 Å². The van der Waals surface area contributed by atoms with Crippen LogP contribution in [0.1, 0.15) is 132 Å². The van der Waals surface area contributed by atoms with Crippen LogP contribution in [0.3, 0.4) is 0 Å². The van der Waals surface area contributed by atoms with Gasteiger partial charge < -0.3 is 19.7 Å². The predicted octanol–water partition coefficient (Wildman–Crippen LogP) is 3.86. The van der Waals surface area contributed by atoms with E-state index in [4.69, 9.17) is 24.2 Å². The molecule has 45 heavy (non-hydrogen) atoms. The minimum atomic E-state index is -4.94. The van der Waals surface area contributed by atoms with Crippen LogP contribution < -0.4 is 29.6 Å². The number of carboxylic acids is 2. The molecule has 0 saturated heterocycles. The Balaban J connectivity index is 0.000000967. The fourth-order valence-electron chi connectivity index (χ4n) is 4.17.